The first-order valence-corrected chi connectivity index (χ1v) is 8.02. The lowest BCUT2D eigenvalue weighted by molar-refractivity contribution is -0.129. The van der Waals surface area contributed by atoms with Crippen LogP contribution in [0.15, 0.2) is 45.4 Å². The van der Waals surface area contributed by atoms with E-state index in [1.54, 1.807) is 18.4 Å². The highest BCUT2D eigenvalue weighted by molar-refractivity contribution is 14.1. The SMILES string of the molecule is CC(c1ccco1)N(C(=O)/C=C/c1ccc(I)o1)C1CC1. The number of rotatable bonds is 5. The third kappa shape index (κ3) is 3.40. The molecule has 1 atom stereocenters. The van der Waals surface area contributed by atoms with Crippen LogP contribution in [0.3, 0.4) is 0 Å². The predicted molar refractivity (Wildman–Crippen MR) is 87.5 cm³/mol. The van der Waals surface area contributed by atoms with E-state index in [-0.39, 0.29) is 11.9 Å². The molecule has 1 aliphatic rings. The van der Waals surface area contributed by atoms with Crippen molar-refractivity contribution in [2.45, 2.75) is 31.8 Å². The fourth-order valence-corrected chi connectivity index (χ4v) is 2.80. The molecule has 2 heterocycles. The van der Waals surface area contributed by atoms with Gasteiger partial charge in [-0.2, -0.15) is 0 Å². The molecule has 5 heteroatoms. The van der Waals surface area contributed by atoms with Crippen LogP contribution in [0.5, 0.6) is 0 Å². The van der Waals surface area contributed by atoms with Crippen molar-refractivity contribution in [2.24, 2.45) is 0 Å². The van der Waals surface area contributed by atoms with Crippen LogP contribution in [0.2, 0.25) is 0 Å². The van der Waals surface area contributed by atoms with Crippen molar-refractivity contribution >= 4 is 34.6 Å². The molecule has 1 unspecified atom stereocenters. The van der Waals surface area contributed by atoms with Crippen LogP contribution in [0.1, 0.15) is 37.3 Å². The molecule has 2 aromatic rings. The van der Waals surface area contributed by atoms with E-state index in [2.05, 4.69) is 22.6 Å². The highest BCUT2D eigenvalue weighted by atomic mass is 127. The first kappa shape index (κ1) is 14.4. The average molecular weight is 397 g/mol. The number of furan rings is 2. The lowest BCUT2D eigenvalue weighted by atomic mass is 10.2. The predicted octanol–water partition coefficient (Wildman–Crippen LogP) is 4.24. The van der Waals surface area contributed by atoms with Gasteiger partial charge in [0.1, 0.15) is 11.5 Å². The molecular formula is C16H16INO3. The van der Waals surface area contributed by atoms with Crippen molar-refractivity contribution in [1.29, 1.82) is 0 Å². The zero-order valence-corrected chi connectivity index (χ0v) is 13.8. The van der Waals surface area contributed by atoms with Gasteiger partial charge in [0.25, 0.3) is 0 Å². The number of carbonyl (C=O) groups is 1. The Morgan fingerprint density at radius 3 is 2.81 bits per heavy atom. The van der Waals surface area contributed by atoms with Crippen molar-refractivity contribution in [1.82, 2.24) is 4.90 Å². The van der Waals surface area contributed by atoms with E-state index in [4.69, 9.17) is 8.83 Å². The maximum Gasteiger partial charge on any atom is 0.247 e. The van der Waals surface area contributed by atoms with Crippen LogP contribution >= 0.6 is 22.6 Å². The van der Waals surface area contributed by atoms with Gasteiger partial charge in [0.05, 0.1) is 12.3 Å². The van der Waals surface area contributed by atoms with Crippen molar-refractivity contribution in [3.05, 3.63) is 51.9 Å². The van der Waals surface area contributed by atoms with Gasteiger partial charge in [0.15, 0.2) is 3.77 Å². The maximum atomic E-state index is 12.5. The Labute approximate surface area is 136 Å². The zero-order valence-electron chi connectivity index (χ0n) is 11.7. The minimum absolute atomic E-state index is 0.00666. The standard InChI is InChI=1S/C16H16INO3/c1-11(14-3-2-10-20-14)18(12-4-5-12)16(19)9-7-13-6-8-15(17)21-13/h2-3,6-12H,4-5H2,1H3/b9-7+. The quantitative estimate of drug-likeness (QED) is 0.560. The minimum Gasteiger partial charge on any atom is -0.467 e. The van der Waals surface area contributed by atoms with Gasteiger partial charge in [0, 0.05) is 12.1 Å². The fourth-order valence-electron chi connectivity index (χ4n) is 2.36. The molecule has 4 nitrogen and oxygen atoms in total. The van der Waals surface area contributed by atoms with E-state index in [1.165, 1.54) is 0 Å². The Kier molecular flexibility index (Phi) is 4.19. The molecular weight excluding hydrogens is 381 g/mol. The molecule has 0 aliphatic heterocycles. The van der Waals surface area contributed by atoms with Crippen molar-refractivity contribution in [3.63, 3.8) is 0 Å². The summed E-state index contributed by atoms with van der Waals surface area (Å²) in [5.74, 6) is 1.50. The van der Waals surface area contributed by atoms with Gasteiger partial charge in [-0.05, 0) is 72.7 Å². The van der Waals surface area contributed by atoms with Crippen LogP contribution in [-0.4, -0.2) is 16.8 Å². The van der Waals surface area contributed by atoms with Crippen molar-refractivity contribution in [3.8, 4) is 0 Å². The molecule has 1 saturated carbocycles. The third-order valence-electron chi connectivity index (χ3n) is 3.55. The van der Waals surface area contributed by atoms with E-state index in [0.717, 1.165) is 22.4 Å². The van der Waals surface area contributed by atoms with E-state index < -0.39 is 0 Å². The number of halogens is 1. The highest BCUT2D eigenvalue weighted by Gasteiger charge is 2.36. The summed E-state index contributed by atoms with van der Waals surface area (Å²) in [6, 6.07) is 7.74. The molecule has 0 N–H and O–H groups in total. The monoisotopic (exact) mass is 397 g/mol. The average Bonchev–Trinajstić information content (AvgIpc) is 2.99. The number of nitrogens with zero attached hydrogens (tertiary/aromatic N) is 1. The highest BCUT2D eigenvalue weighted by Crippen LogP contribution is 2.34. The summed E-state index contributed by atoms with van der Waals surface area (Å²) in [7, 11) is 0. The largest absolute Gasteiger partial charge is 0.467 e. The van der Waals surface area contributed by atoms with E-state index in [9.17, 15) is 4.79 Å². The molecule has 1 fully saturated rings. The Bertz CT molecular complexity index is 640. The topological polar surface area (TPSA) is 46.6 Å². The van der Waals surface area contributed by atoms with E-state index in [0.29, 0.717) is 11.8 Å². The minimum atomic E-state index is -0.0543. The molecule has 0 saturated heterocycles. The van der Waals surface area contributed by atoms with Crippen molar-refractivity contribution in [2.75, 3.05) is 0 Å². The van der Waals surface area contributed by atoms with Crippen molar-refractivity contribution < 1.29 is 13.6 Å². The summed E-state index contributed by atoms with van der Waals surface area (Å²) in [5.41, 5.74) is 0. The zero-order chi connectivity index (χ0) is 14.8. The lowest BCUT2D eigenvalue weighted by Gasteiger charge is -2.26. The Morgan fingerprint density at radius 1 is 1.43 bits per heavy atom. The number of carbonyl (C=O) groups excluding carboxylic acids is 1. The van der Waals surface area contributed by atoms with Gasteiger partial charge in [-0.1, -0.05) is 0 Å². The summed E-state index contributed by atoms with van der Waals surface area (Å²) < 4.78 is 11.7. The van der Waals surface area contributed by atoms with Crippen LogP contribution in [-0.2, 0) is 4.79 Å². The molecule has 0 radical (unpaired) electrons. The molecule has 0 aromatic carbocycles. The molecule has 0 spiro atoms. The molecule has 21 heavy (non-hydrogen) atoms. The van der Waals surface area contributed by atoms with Crippen LogP contribution in [0, 0.1) is 3.77 Å². The summed E-state index contributed by atoms with van der Waals surface area (Å²) in [4.78, 5) is 14.4. The second kappa shape index (κ2) is 6.09. The van der Waals surface area contributed by atoms with Crippen LogP contribution in [0.4, 0.5) is 0 Å². The van der Waals surface area contributed by atoms with Gasteiger partial charge in [0.2, 0.25) is 5.91 Å². The molecule has 1 aliphatic carbocycles. The van der Waals surface area contributed by atoms with Crippen LogP contribution < -0.4 is 0 Å². The lowest BCUT2D eigenvalue weighted by Crippen LogP contribution is -2.34. The summed E-state index contributed by atoms with van der Waals surface area (Å²) in [6.07, 6.45) is 7.05. The summed E-state index contributed by atoms with van der Waals surface area (Å²) >= 11 is 2.10. The second-order valence-electron chi connectivity index (χ2n) is 5.14. The van der Waals surface area contributed by atoms with Gasteiger partial charge < -0.3 is 13.7 Å². The Hall–Kier alpha value is -1.50. The first-order chi connectivity index (χ1) is 10.1. The van der Waals surface area contributed by atoms with Gasteiger partial charge in [-0.3, -0.25) is 4.79 Å². The number of hydrogen-bond donors (Lipinski definition) is 0. The fraction of sp³-hybridized carbons (Fsp3) is 0.312. The summed E-state index contributed by atoms with van der Waals surface area (Å²) in [6.45, 7) is 2.00. The van der Waals surface area contributed by atoms with Gasteiger partial charge in [-0.25, -0.2) is 0 Å². The maximum absolute atomic E-state index is 12.5. The van der Waals surface area contributed by atoms with Gasteiger partial charge >= 0.3 is 0 Å². The molecule has 3 rings (SSSR count). The van der Waals surface area contributed by atoms with E-state index in [1.807, 2.05) is 36.1 Å². The summed E-state index contributed by atoms with van der Waals surface area (Å²) in [5, 5.41) is 0. The number of amides is 1. The Balaban J connectivity index is 1.74. The first-order valence-electron chi connectivity index (χ1n) is 6.94. The third-order valence-corrected chi connectivity index (χ3v) is 4.13. The normalized spacial score (nSPS) is 16.3. The smallest absolute Gasteiger partial charge is 0.247 e. The molecule has 2 aromatic heterocycles. The van der Waals surface area contributed by atoms with E-state index >= 15 is 0 Å². The molecule has 0 bridgehead atoms. The number of hydrogen-bond acceptors (Lipinski definition) is 3. The molecule has 1 amide bonds. The Morgan fingerprint density at radius 2 is 2.24 bits per heavy atom. The van der Waals surface area contributed by atoms with Gasteiger partial charge in [-0.15, -0.1) is 0 Å². The van der Waals surface area contributed by atoms with Crippen LogP contribution in [0.25, 0.3) is 6.08 Å². The molecule has 110 valence electrons. The second-order valence-corrected chi connectivity index (χ2v) is 6.21.